The van der Waals surface area contributed by atoms with Gasteiger partial charge in [-0.2, -0.15) is 0 Å². The molecular weight excluding hydrogens is 417 g/mol. The van der Waals surface area contributed by atoms with E-state index in [1.807, 2.05) is 18.2 Å². The lowest BCUT2D eigenvalue weighted by Crippen LogP contribution is -2.12. The summed E-state index contributed by atoms with van der Waals surface area (Å²) < 4.78 is 14.1. The summed E-state index contributed by atoms with van der Waals surface area (Å²) in [7, 11) is 0. The Labute approximate surface area is 185 Å². The van der Waals surface area contributed by atoms with Gasteiger partial charge in [-0.15, -0.1) is 0 Å². The Morgan fingerprint density at radius 3 is 2.73 bits per heavy atom. The van der Waals surface area contributed by atoms with Crippen molar-refractivity contribution >= 4 is 40.5 Å². The zero-order valence-electron chi connectivity index (χ0n) is 16.6. The topological polar surface area (TPSA) is 37.3 Å². The van der Waals surface area contributed by atoms with Gasteiger partial charge in [-0.3, -0.25) is 4.98 Å². The van der Waals surface area contributed by atoms with Crippen LogP contribution in [0.3, 0.4) is 0 Å². The molecule has 3 aromatic rings. The molecule has 0 radical (unpaired) electrons. The second kappa shape index (κ2) is 9.02. The number of halogens is 2. The minimum atomic E-state index is -0.309. The molecule has 0 aliphatic carbocycles. The molecule has 0 spiro atoms. The van der Waals surface area contributed by atoms with Crippen LogP contribution < -0.4 is 5.32 Å². The van der Waals surface area contributed by atoms with E-state index in [9.17, 15) is 4.39 Å². The van der Waals surface area contributed by atoms with Crippen molar-refractivity contribution in [1.82, 2.24) is 10.3 Å². The lowest BCUT2D eigenvalue weighted by molar-refractivity contribution is 0.626. The van der Waals surface area contributed by atoms with Crippen molar-refractivity contribution < 1.29 is 4.39 Å². The maximum absolute atomic E-state index is 14.1. The molecule has 0 saturated carbocycles. The number of nitrogens with one attached hydrogen (secondary N) is 1. The number of pyridine rings is 1. The standard InChI is InChI=1S/C24H21ClFN3S/c1-3-4-11-27-15(2)16-5-9-23-21(12-16)29-24(20-8-6-17(25)14-28-20)19-13-18(26)7-10-22(19)30-23/h5-10,12-14,27H,2-4,11H2,1H3. The SMILES string of the molecule is C=C(NCCCC)c1ccc2c(c1)N=C(c1ccc(Cl)cn1)c1cc(F)ccc1S2. The molecule has 4 rings (SSSR count). The number of aromatic nitrogens is 1. The van der Waals surface area contributed by atoms with E-state index in [1.165, 1.54) is 12.1 Å². The third kappa shape index (κ3) is 4.42. The monoisotopic (exact) mass is 437 g/mol. The van der Waals surface area contributed by atoms with Gasteiger partial charge in [0.2, 0.25) is 0 Å². The van der Waals surface area contributed by atoms with Gasteiger partial charge in [-0.05, 0) is 54.4 Å². The highest BCUT2D eigenvalue weighted by molar-refractivity contribution is 7.99. The van der Waals surface area contributed by atoms with Gasteiger partial charge in [0, 0.05) is 33.8 Å². The fourth-order valence-electron chi connectivity index (χ4n) is 3.18. The van der Waals surface area contributed by atoms with E-state index in [2.05, 4.69) is 23.8 Å². The molecule has 3 nitrogen and oxygen atoms in total. The summed E-state index contributed by atoms with van der Waals surface area (Å²) >= 11 is 7.58. The fraction of sp³-hybridized carbons (Fsp3) is 0.167. The normalized spacial score (nSPS) is 12.4. The van der Waals surface area contributed by atoms with Crippen LogP contribution in [0.15, 0.2) is 76.1 Å². The van der Waals surface area contributed by atoms with Gasteiger partial charge in [0.05, 0.1) is 22.1 Å². The third-order valence-corrected chi connectivity index (χ3v) is 6.16. The molecule has 6 heteroatoms. The summed E-state index contributed by atoms with van der Waals surface area (Å²) in [4.78, 5) is 11.3. The molecule has 30 heavy (non-hydrogen) atoms. The number of unbranched alkanes of at least 4 members (excludes halogenated alkanes) is 1. The second-order valence-electron chi connectivity index (χ2n) is 7.01. The van der Waals surface area contributed by atoms with Crippen LogP contribution in [0.5, 0.6) is 0 Å². The Morgan fingerprint density at radius 1 is 1.13 bits per heavy atom. The lowest BCUT2D eigenvalue weighted by Gasteiger charge is -2.11. The quantitative estimate of drug-likeness (QED) is 0.334. The number of nitrogens with zero attached hydrogens (tertiary/aromatic N) is 2. The summed E-state index contributed by atoms with van der Waals surface area (Å²) in [5.41, 5.74) is 4.63. The van der Waals surface area contributed by atoms with Crippen LogP contribution in [-0.4, -0.2) is 17.2 Å². The minimum Gasteiger partial charge on any atom is -0.385 e. The fourth-order valence-corrected chi connectivity index (χ4v) is 4.28. The van der Waals surface area contributed by atoms with Crippen molar-refractivity contribution in [2.45, 2.75) is 29.6 Å². The predicted molar refractivity (Wildman–Crippen MR) is 123 cm³/mol. The van der Waals surface area contributed by atoms with Gasteiger partial charge < -0.3 is 5.32 Å². The number of benzene rings is 2. The molecule has 152 valence electrons. The minimum absolute atomic E-state index is 0.309. The number of aliphatic imine (C=N–C) groups is 1. The first-order valence-electron chi connectivity index (χ1n) is 9.80. The molecule has 0 bridgehead atoms. The van der Waals surface area contributed by atoms with Crippen molar-refractivity contribution in [2.24, 2.45) is 4.99 Å². The van der Waals surface area contributed by atoms with E-state index in [4.69, 9.17) is 16.6 Å². The Morgan fingerprint density at radius 2 is 1.97 bits per heavy atom. The molecule has 0 amide bonds. The Hall–Kier alpha value is -2.63. The number of hydrogen-bond acceptors (Lipinski definition) is 4. The van der Waals surface area contributed by atoms with Crippen LogP contribution in [0.1, 0.15) is 36.6 Å². The summed E-state index contributed by atoms with van der Waals surface area (Å²) in [5, 5.41) is 3.91. The van der Waals surface area contributed by atoms with Crippen molar-refractivity contribution in [1.29, 1.82) is 0 Å². The Bertz CT molecular complexity index is 1130. The lowest BCUT2D eigenvalue weighted by atomic mass is 10.1. The maximum atomic E-state index is 14.1. The number of rotatable bonds is 6. The summed E-state index contributed by atoms with van der Waals surface area (Å²) in [6.07, 6.45) is 3.79. The predicted octanol–water partition coefficient (Wildman–Crippen LogP) is 6.87. The number of hydrogen-bond donors (Lipinski definition) is 1. The van der Waals surface area contributed by atoms with E-state index in [0.717, 1.165) is 46.1 Å². The van der Waals surface area contributed by atoms with Gasteiger partial charge >= 0.3 is 0 Å². The van der Waals surface area contributed by atoms with Gasteiger partial charge in [0.15, 0.2) is 0 Å². The van der Waals surface area contributed by atoms with Gasteiger partial charge in [-0.25, -0.2) is 9.38 Å². The van der Waals surface area contributed by atoms with E-state index >= 15 is 0 Å². The van der Waals surface area contributed by atoms with Crippen molar-refractivity contribution in [3.05, 3.63) is 89.0 Å². The summed E-state index contributed by atoms with van der Waals surface area (Å²) in [6, 6.07) is 14.4. The Balaban J connectivity index is 1.80. The van der Waals surface area contributed by atoms with Crippen LogP contribution >= 0.6 is 23.4 Å². The zero-order chi connectivity index (χ0) is 21.1. The van der Waals surface area contributed by atoms with Crippen LogP contribution in [-0.2, 0) is 0 Å². The summed E-state index contributed by atoms with van der Waals surface area (Å²) in [6.45, 7) is 7.21. The maximum Gasteiger partial charge on any atom is 0.123 e. The molecular formula is C24H21ClFN3S. The molecule has 2 heterocycles. The van der Waals surface area contributed by atoms with E-state index in [-0.39, 0.29) is 5.82 Å². The van der Waals surface area contributed by atoms with Crippen LogP contribution in [0.4, 0.5) is 10.1 Å². The van der Waals surface area contributed by atoms with E-state index in [0.29, 0.717) is 22.0 Å². The molecule has 2 aromatic carbocycles. The molecule has 1 aromatic heterocycles. The molecule has 1 aliphatic heterocycles. The molecule has 0 unspecified atom stereocenters. The van der Waals surface area contributed by atoms with E-state index < -0.39 is 0 Å². The molecule has 0 saturated heterocycles. The second-order valence-corrected chi connectivity index (χ2v) is 8.53. The van der Waals surface area contributed by atoms with Crippen molar-refractivity contribution in [3.8, 4) is 0 Å². The zero-order valence-corrected chi connectivity index (χ0v) is 18.2. The van der Waals surface area contributed by atoms with Crippen molar-refractivity contribution in [3.63, 3.8) is 0 Å². The first kappa shape index (κ1) is 20.6. The Kier molecular flexibility index (Phi) is 6.21. The largest absolute Gasteiger partial charge is 0.385 e. The van der Waals surface area contributed by atoms with E-state index in [1.54, 1.807) is 36.2 Å². The third-order valence-electron chi connectivity index (χ3n) is 4.80. The average molecular weight is 438 g/mol. The van der Waals surface area contributed by atoms with Crippen LogP contribution in [0, 0.1) is 5.82 Å². The molecule has 0 fully saturated rings. The molecule has 1 aliphatic rings. The summed E-state index contributed by atoms with van der Waals surface area (Å²) in [5.74, 6) is -0.309. The first-order chi connectivity index (χ1) is 14.5. The number of fused-ring (bicyclic) bond motifs is 2. The highest BCUT2D eigenvalue weighted by atomic mass is 35.5. The van der Waals surface area contributed by atoms with Gasteiger partial charge in [-0.1, -0.05) is 49.4 Å². The molecule has 0 atom stereocenters. The first-order valence-corrected chi connectivity index (χ1v) is 11.0. The smallest absolute Gasteiger partial charge is 0.123 e. The van der Waals surface area contributed by atoms with Gasteiger partial charge in [0.25, 0.3) is 0 Å². The van der Waals surface area contributed by atoms with Crippen LogP contribution in [0.2, 0.25) is 5.02 Å². The average Bonchev–Trinajstić information content (AvgIpc) is 2.90. The van der Waals surface area contributed by atoms with Crippen LogP contribution in [0.25, 0.3) is 5.70 Å². The van der Waals surface area contributed by atoms with Gasteiger partial charge in [0.1, 0.15) is 5.82 Å². The molecule has 1 N–H and O–H groups in total. The van der Waals surface area contributed by atoms with Crippen molar-refractivity contribution in [2.75, 3.05) is 6.54 Å². The highest BCUT2D eigenvalue weighted by Crippen LogP contribution is 2.42. The highest BCUT2D eigenvalue weighted by Gasteiger charge is 2.21.